The van der Waals surface area contributed by atoms with E-state index in [1.165, 1.54) is 12.3 Å². The van der Waals surface area contributed by atoms with Crippen LogP contribution in [0, 0.1) is 0 Å². The first-order chi connectivity index (χ1) is 9.56. The fourth-order valence-electron chi connectivity index (χ4n) is 1.69. The average Bonchev–Trinajstić information content (AvgIpc) is 2.41. The quantitative estimate of drug-likeness (QED) is 0.844. The molecule has 3 N–H and O–H groups in total. The van der Waals surface area contributed by atoms with Crippen LogP contribution in [0.4, 0.5) is 5.69 Å². The minimum Gasteiger partial charge on any atom is -0.369 e. The van der Waals surface area contributed by atoms with Gasteiger partial charge in [-0.3, -0.25) is 9.59 Å². The summed E-state index contributed by atoms with van der Waals surface area (Å²) in [6.45, 7) is 0. The number of rotatable bonds is 4. The zero-order valence-corrected chi connectivity index (χ0v) is 11.2. The van der Waals surface area contributed by atoms with Crippen molar-refractivity contribution in [2.45, 2.75) is 6.42 Å². The molecule has 0 spiro atoms. The Kier molecular flexibility index (Phi) is 4.32. The van der Waals surface area contributed by atoms with Crippen LogP contribution in [0.5, 0.6) is 0 Å². The van der Waals surface area contributed by atoms with Crippen molar-refractivity contribution in [1.82, 2.24) is 4.98 Å². The first kappa shape index (κ1) is 14.0. The van der Waals surface area contributed by atoms with E-state index in [1.54, 1.807) is 30.3 Å². The van der Waals surface area contributed by atoms with Crippen LogP contribution >= 0.6 is 11.6 Å². The molecule has 1 aromatic carbocycles. The first-order valence-corrected chi connectivity index (χ1v) is 6.23. The summed E-state index contributed by atoms with van der Waals surface area (Å²) >= 11 is 5.66. The number of carbonyl (C=O) groups excluding carboxylic acids is 2. The predicted molar refractivity (Wildman–Crippen MR) is 76.5 cm³/mol. The Morgan fingerprint density at radius 1 is 1.20 bits per heavy atom. The van der Waals surface area contributed by atoms with Crippen LogP contribution in [0.3, 0.4) is 0 Å². The van der Waals surface area contributed by atoms with Gasteiger partial charge in [-0.05, 0) is 23.8 Å². The highest BCUT2D eigenvalue weighted by Crippen LogP contribution is 2.17. The molecule has 0 atom stereocenters. The number of primary amides is 1. The molecule has 0 aliphatic rings. The number of benzene rings is 1. The maximum absolute atomic E-state index is 12.1. The third kappa shape index (κ3) is 3.55. The van der Waals surface area contributed by atoms with Crippen LogP contribution in [-0.2, 0) is 11.2 Å². The predicted octanol–water partition coefficient (Wildman–Crippen LogP) is 2.02. The maximum Gasteiger partial charge on any atom is 0.257 e. The topological polar surface area (TPSA) is 85.1 Å². The molecule has 0 bridgehead atoms. The average molecular weight is 290 g/mol. The maximum atomic E-state index is 12.1. The van der Waals surface area contributed by atoms with Crippen LogP contribution in [0.2, 0.25) is 5.15 Å². The molecule has 20 heavy (non-hydrogen) atoms. The molecule has 0 unspecified atom stereocenters. The van der Waals surface area contributed by atoms with E-state index in [0.29, 0.717) is 22.0 Å². The van der Waals surface area contributed by atoms with Gasteiger partial charge in [0.25, 0.3) is 5.91 Å². The summed E-state index contributed by atoms with van der Waals surface area (Å²) in [5, 5.41) is 3.04. The van der Waals surface area contributed by atoms with Gasteiger partial charge in [-0.2, -0.15) is 0 Å². The monoisotopic (exact) mass is 289 g/mol. The summed E-state index contributed by atoms with van der Waals surface area (Å²) < 4.78 is 0. The van der Waals surface area contributed by atoms with E-state index in [2.05, 4.69) is 10.3 Å². The Morgan fingerprint density at radius 3 is 2.60 bits per heavy atom. The Morgan fingerprint density at radius 2 is 1.95 bits per heavy atom. The van der Waals surface area contributed by atoms with E-state index in [-0.39, 0.29) is 12.3 Å². The molecule has 0 saturated heterocycles. The first-order valence-electron chi connectivity index (χ1n) is 5.85. The summed E-state index contributed by atoms with van der Waals surface area (Å²) in [4.78, 5) is 26.9. The summed E-state index contributed by atoms with van der Waals surface area (Å²) in [5.41, 5.74) is 6.76. The lowest BCUT2D eigenvalue weighted by molar-refractivity contribution is -0.117. The number of para-hydroxylation sites is 1. The molecule has 0 radical (unpaired) electrons. The summed E-state index contributed by atoms with van der Waals surface area (Å²) in [5.74, 6) is -0.786. The molecule has 0 aliphatic heterocycles. The Bertz CT molecular complexity index is 641. The van der Waals surface area contributed by atoms with E-state index >= 15 is 0 Å². The normalized spacial score (nSPS) is 10.1. The zero-order valence-electron chi connectivity index (χ0n) is 10.5. The molecule has 1 heterocycles. The van der Waals surface area contributed by atoms with Gasteiger partial charge in [-0.25, -0.2) is 4.98 Å². The number of amides is 2. The van der Waals surface area contributed by atoms with Crippen molar-refractivity contribution in [2.75, 3.05) is 5.32 Å². The van der Waals surface area contributed by atoms with Gasteiger partial charge in [0.2, 0.25) is 5.91 Å². The van der Waals surface area contributed by atoms with E-state index in [9.17, 15) is 9.59 Å². The number of nitrogens with one attached hydrogen (secondary N) is 1. The van der Waals surface area contributed by atoms with Crippen molar-refractivity contribution in [3.8, 4) is 0 Å². The van der Waals surface area contributed by atoms with Gasteiger partial charge in [0, 0.05) is 11.9 Å². The van der Waals surface area contributed by atoms with Crippen LogP contribution in [0.1, 0.15) is 15.9 Å². The molecule has 2 aromatic rings. The van der Waals surface area contributed by atoms with Crippen molar-refractivity contribution < 1.29 is 9.59 Å². The van der Waals surface area contributed by atoms with Gasteiger partial charge in [-0.1, -0.05) is 29.8 Å². The van der Waals surface area contributed by atoms with E-state index < -0.39 is 5.91 Å². The van der Waals surface area contributed by atoms with Gasteiger partial charge in [0.15, 0.2) is 0 Å². The molecule has 0 aliphatic carbocycles. The lowest BCUT2D eigenvalue weighted by atomic mass is 10.1. The summed E-state index contributed by atoms with van der Waals surface area (Å²) in [6.07, 6.45) is 1.45. The number of nitrogens with zero attached hydrogens (tertiary/aromatic N) is 1. The van der Waals surface area contributed by atoms with Crippen molar-refractivity contribution >= 4 is 29.1 Å². The van der Waals surface area contributed by atoms with Gasteiger partial charge in [0.1, 0.15) is 5.15 Å². The van der Waals surface area contributed by atoms with Crippen molar-refractivity contribution in [1.29, 1.82) is 0 Å². The van der Waals surface area contributed by atoms with Crippen LogP contribution in [0.15, 0.2) is 42.6 Å². The highest BCUT2D eigenvalue weighted by atomic mass is 35.5. The fraction of sp³-hybridized carbons (Fsp3) is 0.0714. The van der Waals surface area contributed by atoms with Crippen LogP contribution < -0.4 is 11.1 Å². The second-order valence-corrected chi connectivity index (χ2v) is 4.51. The number of hydrogen-bond donors (Lipinski definition) is 2. The SMILES string of the molecule is NC(=O)Cc1ccccc1NC(=O)c1ccc(Cl)nc1. The fourth-order valence-corrected chi connectivity index (χ4v) is 1.80. The minimum absolute atomic E-state index is 0.0648. The Hall–Kier alpha value is -2.40. The van der Waals surface area contributed by atoms with E-state index in [1.807, 2.05) is 0 Å². The molecule has 0 saturated carbocycles. The van der Waals surface area contributed by atoms with Crippen molar-refractivity contribution in [3.63, 3.8) is 0 Å². The number of carbonyl (C=O) groups is 2. The summed E-state index contributed by atoms with van der Waals surface area (Å²) in [6, 6.07) is 10.1. The van der Waals surface area contributed by atoms with E-state index in [0.717, 1.165) is 0 Å². The molecular weight excluding hydrogens is 278 g/mol. The second-order valence-electron chi connectivity index (χ2n) is 4.12. The van der Waals surface area contributed by atoms with Gasteiger partial charge in [0.05, 0.1) is 12.0 Å². The van der Waals surface area contributed by atoms with Crippen LogP contribution in [-0.4, -0.2) is 16.8 Å². The number of aromatic nitrogens is 1. The molecule has 2 amide bonds. The third-order valence-corrected chi connectivity index (χ3v) is 2.84. The molecular formula is C14H12ClN3O2. The van der Waals surface area contributed by atoms with E-state index in [4.69, 9.17) is 17.3 Å². The minimum atomic E-state index is -0.458. The lowest BCUT2D eigenvalue weighted by Crippen LogP contribution is -2.17. The molecule has 6 heteroatoms. The largest absolute Gasteiger partial charge is 0.369 e. The number of hydrogen-bond acceptors (Lipinski definition) is 3. The third-order valence-electron chi connectivity index (χ3n) is 2.62. The van der Waals surface area contributed by atoms with Gasteiger partial charge < -0.3 is 11.1 Å². The highest BCUT2D eigenvalue weighted by molar-refractivity contribution is 6.29. The van der Waals surface area contributed by atoms with Crippen molar-refractivity contribution in [3.05, 3.63) is 58.9 Å². The van der Waals surface area contributed by atoms with Crippen molar-refractivity contribution in [2.24, 2.45) is 5.73 Å². The number of halogens is 1. The molecule has 102 valence electrons. The summed E-state index contributed by atoms with van der Waals surface area (Å²) in [7, 11) is 0. The molecule has 0 fully saturated rings. The standard InChI is InChI=1S/C14H12ClN3O2/c15-12-6-5-10(8-17-12)14(20)18-11-4-2-1-3-9(11)7-13(16)19/h1-6,8H,7H2,(H2,16,19)(H,18,20). The molecule has 5 nitrogen and oxygen atoms in total. The number of pyridine rings is 1. The van der Waals surface area contributed by atoms with Crippen LogP contribution in [0.25, 0.3) is 0 Å². The zero-order chi connectivity index (χ0) is 14.5. The highest BCUT2D eigenvalue weighted by Gasteiger charge is 2.10. The lowest BCUT2D eigenvalue weighted by Gasteiger charge is -2.09. The molecule has 2 rings (SSSR count). The smallest absolute Gasteiger partial charge is 0.257 e. The van der Waals surface area contributed by atoms with Gasteiger partial charge >= 0.3 is 0 Å². The van der Waals surface area contributed by atoms with Gasteiger partial charge in [-0.15, -0.1) is 0 Å². The number of anilines is 1. The Balaban J connectivity index is 2.19. The molecule has 1 aromatic heterocycles. The number of nitrogens with two attached hydrogens (primary N) is 1. The Labute approximate surface area is 120 Å². The second kappa shape index (κ2) is 6.16.